The number of nitrogens with one attached hydrogen (secondary N) is 2. The number of aliphatic hydroxyl groups excluding tert-OH is 1. The van der Waals surface area contributed by atoms with Gasteiger partial charge in [-0.2, -0.15) is 0 Å². The molecule has 1 aromatic heterocycles. The van der Waals surface area contributed by atoms with Gasteiger partial charge < -0.3 is 25.2 Å². The number of hydrogen-bond acceptors (Lipinski definition) is 8. The second-order valence-electron chi connectivity index (χ2n) is 14.8. The van der Waals surface area contributed by atoms with E-state index in [4.69, 9.17) is 9.47 Å². The number of pyridine rings is 1. The number of β-amino-alcohol motifs (C(OH)–C–C–N with tert-alkyl or cyclic N) is 1. The van der Waals surface area contributed by atoms with Crippen molar-refractivity contribution in [1.29, 1.82) is 0 Å². The fourth-order valence-corrected chi connectivity index (χ4v) is 8.49. The number of aromatic nitrogens is 1. The lowest BCUT2D eigenvalue weighted by Gasteiger charge is -2.62. The molecule has 46 heavy (non-hydrogen) atoms. The molecule has 5 fully saturated rings. The zero-order valence-electron chi connectivity index (χ0n) is 27.6. The van der Waals surface area contributed by atoms with Gasteiger partial charge in [-0.25, -0.2) is 4.98 Å². The minimum Gasteiger partial charge on any atom is -0.491 e. The average molecular weight is 632 g/mol. The summed E-state index contributed by atoms with van der Waals surface area (Å²) < 4.78 is 12.5. The lowest BCUT2D eigenvalue weighted by molar-refractivity contribution is 0.00180. The van der Waals surface area contributed by atoms with Crippen LogP contribution in [0, 0.1) is 12.8 Å². The number of anilines is 1. The van der Waals surface area contributed by atoms with Crippen molar-refractivity contribution in [2.24, 2.45) is 5.92 Å². The van der Waals surface area contributed by atoms with Gasteiger partial charge in [-0.15, -0.1) is 0 Å². The van der Waals surface area contributed by atoms with Crippen molar-refractivity contribution >= 4 is 11.7 Å². The van der Waals surface area contributed by atoms with Gasteiger partial charge >= 0.3 is 0 Å². The molecular formula is C37H53N5O4. The van der Waals surface area contributed by atoms with Gasteiger partial charge in [0.25, 0.3) is 5.91 Å². The van der Waals surface area contributed by atoms with Crippen molar-refractivity contribution in [2.45, 2.75) is 114 Å². The minimum absolute atomic E-state index is 0.121. The highest BCUT2D eigenvalue weighted by molar-refractivity contribution is 5.94. The maximum atomic E-state index is 12.8. The molecule has 4 saturated carbocycles. The van der Waals surface area contributed by atoms with Crippen LogP contribution < -0.4 is 15.4 Å². The van der Waals surface area contributed by atoms with Gasteiger partial charge in [-0.1, -0.05) is 44.6 Å². The highest BCUT2D eigenvalue weighted by Crippen LogP contribution is 2.58. The summed E-state index contributed by atoms with van der Waals surface area (Å²) in [5.74, 6) is 2.41. The normalized spacial score (nSPS) is 27.7. The summed E-state index contributed by atoms with van der Waals surface area (Å²) in [6.45, 7) is 6.84. The lowest BCUT2D eigenvalue weighted by atomic mass is 9.50. The first-order valence-corrected chi connectivity index (χ1v) is 18.0. The van der Waals surface area contributed by atoms with Crippen molar-refractivity contribution in [2.75, 3.05) is 44.8 Å². The third kappa shape index (κ3) is 7.38. The van der Waals surface area contributed by atoms with E-state index in [9.17, 15) is 9.90 Å². The van der Waals surface area contributed by atoms with Crippen molar-refractivity contribution in [3.8, 4) is 5.75 Å². The monoisotopic (exact) mass is 631 g/mol. The molecule has 3 heterocycles. The molecule has 9 heteroatoms. The Morgan fingerprint density at radius 1 is 1.13 bits per heavy atom. The molecule has 3 N–H and O–H groups in total. The third-order valence-corrected chi connectivity index (χ3v) is 11.3. The molecule has 0 spiro atoms. The summed E-state index contributed by atoms with van der Waals surface area (Å²) in [6.07, 6.45) is 16.5. The van der Waals surface area contributed by atoms with Crippen LogP contribution in [0.1, 0.15) is 97.7 Å². The van der Waals surface area contributed by atoms with E-state index in [1.54, 1.807) is 12.3 Å². The van der Waals surface area contributed by atoms with Crippen molar-refractivity contribution in [3.05, 3.63) is 52.7 Å². The fraction of sp³-hybridized carbons (Fsp3) is 0.676. The maximum Gasteiger partial charge on any atom is 0.251 e. The molecule has 8 rings (SSSR count). The van der Waals surface area contributed by atoms with Crippen molar-refractivity contribution < 1.29 is 19.4 Å². The van der Waals surface area contributed by atoms with E-state index < -0.39 is 6.10 Å². The first-order chi connectivity index (χ1) is 22.4. The van der Waals surface area contributed by atoms with Crippen LogP contribution in [0.15, 0.2) is 30.5 Å². The Morgan fingerprint density at radius 3 is 2.67 bits per heavy atom. The number of nitrogens with zero attached hydrogens (tertiary/aromatic N) is 3. The Morgan fingerprint density at radius 2 is 1.91 bits per heavy atom. The lowest BCUT2D eigenvalue weighted by Crippen LogP contribution is -2.63. The predicted octanol–water partition coefficient (Wildman–Crippen LogP) is 5.04. The topological polar surface area (TPSA) is 99.2 Å². The van der Waals surface area contributed by atoms with Gasteiger partial charge in [-0.3, -0.25) is 14.6 Å². The Hall–Kier alpha value is -2.72. The molecule has 250 valence electrons. The molecule has 1 aromatic carbocycles. The van der Waals surface area contributed by atoms with Gasteiger partial charge in [-0.05, 0) is 86.3 Å². The molecule has 1 saturated heterocycles. The van der Waals surface area contributed by atoms with E-state index in [2.05, 4.69) is 44.5 Å². The van der Waals surface area contributed by atoms with Crippen LogP contribution in [0.25, 0.3) is 0 Å². The van der Waals surface area contributed by atoms with Gasteiger partial charge in [0.2, 0.25) is 0 Å². The maximum absolute atomic E-state index is 12.8. The van der Waals surface area contributed by atoms with Gasteiger partial charge in [0.15, 0.2) is 0 Å². The summed E-state index contributed by atoms with van der Waals surface area (Å²) in [5.41, 5.74) is 4.65. The number of amides is 1. The summed E-state index contributed by atoms with van der Waals surface area (Å²) in [6, 6.07) is 8.49. The summed E-state index contributed by atoms with van der Waals surface area (Å²) >= 11 is 0. The molecule has 1 amide bonds. The molecule has 4 aliphatic carbocycles. The summed E-state index contributed by atoms with van der Waals surface area (Å²) in [7, 11) is 0. The van der Waals surface area contributed by atoms with Crippen LogP contribution in [0.2, 0.25) is 0 Å². The molecule has 2 atom stereocenters. The highest BCUT2D eigenvalue weighted by atomic mass is 16.5. The zero-order chi connectivity index (χ0) is 31.5. The van der Waals surface area contributed by atoms with Crippen LogP contribution in [-0.4, -0.2) is 89.1 Å². The van der Waals surface area contributed by atoms with Crippen LogP contribution in [-0.2, 0) is 17.7 Å². The minimum atomic E-state index is -0.646. The molecule has 2 aromatic rings. The number of fused-ring (bicyclic) bond motifs is 1. The number of carbonyl (C=O) groups excluding carboxylic acids is 1. The Bertz CT molecular complexity index is 1340. The second-order valence-corrected chi connectivity index (χ2v) is 14.8. The molecule has 1 unspecified atom stereocenters. The molecule has 9 nitrogen and oxygen atoms in total. The molecular weight excluding hydrogens is 578 g/mol. The van der Waals surface area contributed by atoms with Crippen LogP contribution in [0.4, 0.5) is 5.82 Å². The largest absolute Gasteiger partial charge is 0.491 e. The van der Waals surface area contributed by atoms with Gasteiger partial charge in [0.1, 0.15) is 24.3 Å². The Balaban J connectivity index is 0.849. The van der Waals surface area contributed by atoms with Crippen LogP contribution in [0.5, 0.6) is 5.75 Å². The summed E-state index contributed by atoms with van der Waals surface area (Å²) in [5, 5.41) is 17.2. The van der Waals surface area contributed by atoms with E-state index in [-0.39, 0.29) is 24.1 Å². The summed E-state index contributed by atoms with van der Waals surface area (Å²) in [4.78, 5) is 22.1. The number of carbonyl (C=O) groups is 1. The van der Waals surface area contributed by atoms with Gasteiger partial charge in [0.05, 0.1) is 12.8 Å². The molecule has 2 bridgehead atoms. The predicted molar refractivity (Wildman–Crippen MR) is 179 cm³/mol. The fourth-order valence-electron chi connectivity index (χ4n) is 8.49. The number of rotatable bonds is 11. The number of ether oxygens (including phenoxy) is 2. The highest BCUT2D eigenvalue weighted by Gasteiger charge is 2.56. The standard InChI is InChI=1S/C37H53N5O4/c1-26-33-13-15-41(22-31(43)20-39-36(44)28-12-14-38-35(16-28)40-37-17-27(18-37)19-37)21-29(33)10-11-34(26)45-24-32-23-42(25-46-32)30-8-6-4-2-3-5-7-9-30/h10-12,14,16,27,30-32,43H,2-9,13,15,17-25H2,1H3,(H,38,40)(H,39,44)/t27?,31-,32?,37?/m0/s1. The quantitative estimate of drug-likeness (QED) is 0.317. The van der Waals surface area contributed by atoms with Crippen LogP contribution >= 0.6 is 0 Å². The molecule has 0 radical (unpaired) electrons. The smallest absolute Gasteiger partial charge is 0.251 e. The number of benzene rings is 1. The zero-order valence-corrected chi connectivity index (χ0v) is 27.6. The van der Waals surface area contributed by atoms with E-state index in [1.807, 2.05) is 6.07 Å². The SMILES string of the molecule is Cc1c(OCC2CN(C3CCCCCCCC3)CO2)ccc2c1CCN(C[C@@H](O)CNC(=O)c1ccnc(NC34CC(C3)C4)c1)C2. The van der Waals surface area contributed by atoms with E-state index in [0.717, 1.165) is 50.3 Å². The first kappa shape index (κ1) is 31.9. The molecule has 2 aliphatic heterocycles. The Labute approximate surface area is 274 Å². The van der Waals surface area contributed by atoms with Crippen molar-refractivity contribution in [3.63, 3.8) is 0 Å². The second kappa shape index (κ2) is 14.2. The van der Waals surface area contributed by atoms with E-state index in [1.165, 1.54) is 87.3 Å². The molecule has 6 aliphatic rings. The van der Waals surface area contributed by atoms with E-state index in [0.29, 0.717) is 24.8 Å². The van der Waals surface area contributed by atoms with Crippen LogP contribution in [0.3, 0.4) is 0 Å². The first-order valence-electron chi connectivity index (χ1n) is 18.0. The van der Waals surface area contributed by atoms with Gasteiger partial charge in [0, 0.05) is 56.1 Å². The number of hydrogen-bond donors (Lipinski definition) is 3. The Kier molecular flexibility index (Phi) is 9.82. The average Bonchev–Trinajstić information content (AvgIpc) is 3.54. The van der Waals surface area contributed by atoms with Crippen molar-refractivity contribution in [1.82, 2.24) is 20.1 Å². The number of aliphatic hydroxyl groups is 1. The third-order valence-electron chi connectivity index (χ3n) is 11.3. The van der Waals surface area contributed by atoms with E-state index >= 15 is 0 Å².